The number of benzene rings is 3. The third kappa shape index (κ3) is 3.66. The molecule has 1 aliphatic rings. The Bertz CT molecular complexity index is 1130. The predicted molar refractivity (Wildman–Crippen MR) is 116 cm³/mol. The Labute approximate surface area is 180 Å². The van der Waals surface area contributed by atoms with Crippen LogP contribution < -0.4 is 14.4 Å². The first kappa shape index (κ1) is 20.6. The number of carbonyl (C=O) groups excluding carboxylic acids is 2. The summed E-state index contributed by atoms with van der Waals surface area (Å²) in [6, 6.07) is 21.4. The molecule has 0 aromatic heterocycles. The molecule has 0 unspecified atom stereocenters. The van der Waals surface area contributed by atoms with Gasteiger partial charge in [-0.3, -0.25) is 9.59 Å². The van der Waals surface area contributed by atoms with Crippen LogP contribution >= 0.6 is 0 Å². The summed E-state index contributed by atoms with van der Waals surface area (Å²) in [7, 11) is 3.00. The Balaban J connectivity index is 1.66. The minimum Gasteiger partial charge on any atom is -0.493 e. The lowest BCUT2D eigenvalue weighted by molar-refractivity contribution is -0.136. The molecule has 0 saturated heterocycles. The smallest absolute Gasteiger partial charge is 0.264 e. The van der Waals surface area contributed by atoms with E-state index in [4.69, 9.17) is 9.47 Å². The lowest BCUT2D eigenvalue weighted by Gasteiger charge is -2.23. The summed E-state index contributed by atoms with van der Waals surface area (Å²) < 4.78 is 10.5. The van der Waals surface area contributed by atoms with Crippen LogP contribution in [0.2, 0.25) is 0 Å². The largest absolute Gasteiger partial charge is 0.493 e. The number of methoxy groups -OCH3 is 2. The van der Waals surface area contributed by atoms with Crippen LogP contribution in [0.5, 0.6) is 11.5 Å². The van der Waals surface area contributed by atoms with Crippen molar-refractivity contribution in [2.75, 3.05) is 19.1 Å². The third-order valence-electron chi connectivity index (χ3n) is 5.54. The average molecular weight is 417 g/mol. The second-order valence-electron chi connectivity index (χ2n) is 7.42. The van der Waals surface area contributed by atoms with Gasteiger partial charge in [0, 0.05) is 11.1 Å². The summed E-state index contributed by atoms with van der Waals surface area (Å²) in [5.74, 6) is 0.0258. The zero-order valence-electron chi connectivity index (χ0n) is 17.4. The summed E-state index contributed by atoms with van der Waals surface area (Å²) in [5, 5.41) is 11.5. The molecule has 6 nitrogen and oxygen atoms in total. The molecule has 1 atom stereocenters. The first-order valence-electron chi connectivity index (χ1n) is 9.91. The maximum absolute atomic E-state index is 13.4. The molecule has 0 radical (unpaired) electrons. The highest BCUT2D eigenvalue weighted by molar-refractivity contribution is 6.10. The van der Waals surface area contributed by atoms with Gasteiger partial charge in [-0.1, -0.05) is 48.5 Å². The minimum atomic E-state index is -1.93. The lowest BCUT2D eigenvalue weighted by Crippen LogP contribution is -2.41. The van der Waals surface area contributed by atoms with Crippen LogP contribution in [0.15, 0.2) is 72.8 Å². The SMILES string of the molecule is COc1ccc(C(=O)C[C@]2(O)C(=O)N(Cc3ccccc3)c3ccccc32)cc1OC. The van der Waals surface area contributed by atoms with Crippen molar-refractivity contribution in [2.24, 2.45) is 0 Å². The van der Waals surface area contributed by atoms with Crippen LogP contribution in [0.3, 0.4) is 0 Å². The van der Waals surface area contributed by atoms with Crippen molar-refractivity contribution < 1.29 is 24.2 Å². The maximum atomic E-state index is 13.4. The molecule has 1 aliphatic heterocycles. The number of anilines is 1. The van der Waals surface area contributed by atoms with Crippen molar-refractivity contribution in [1.82, 2.24) is 0 Å². The van der Waals surface area contributed by atoms with Gasteiger partial charge in [-0.2, -0.15) is 0 Å². The number of para-hydroxylation sites is 1. The molecule has 0 aliphatic carbocycles. The topological polar surface area (TPSA) is 76.1 Å². The van der Waals surface area contributed by atoms with E-state index in [-0.39, 0.29) is 12.2 Å². The lowest BCUT2D eigenvalue weighted by atomic mass is 9.88. The normalized spacial score (nSPS) is 17.4. The molecular formula is C25H23NO5. The Morgan fingerprint density at radius 2 is 1.61 bits per heavy atom. The second-order valence-corrected chi connectivity index (χ2v) is 7.42. The fraction of sp³-hybridized carbons (Fsp3) is 0.200. The van der Waals surface area contributed by atoms with Gasteiger partial charge in [0.15, 0.2) is 22.9 Å². The van der Waals surface area contributed by atoms with Crippen LogP contribution in [-0.4, -0.2) is 31.0 Å². The fourth-order valence-electron chi connectivity index (χ4n) is 3.94. The van der Waals surface area contributed by atoms with Gasteiger partial charge < -0.3 is 19.5 Å². The summed E-state index contributed by atoms with van der Waals surface area (Å²) in [5.41, 5.74) is 0.373. The van der Waals surface area contributed by atoms with Gasteiger partial charge in [0.1, 0.15) is 0 Å². The first-order chi connectivity index (χ1) is 15.0. The van der Waals surface area contributed by atoms with Gasteiger partial charge in [0.05, 0.1) is 32.9 Å². The second kappa shape index (κ2) is 8.24. The van der Waals surface area contributed by atoms with Gasteiger partial charge in [-0.15, -0.1) is 0 Å². The fourth-order valence-corrected chi connectivity index (χ4v) is 3.94. The number of rotatable bonds is 7. The van der Waals surface area contributed by atoms with Crippen molar-refractivity contribution in [3.63, 3.8) is 0 Å². The van der Waals surface area contributed by atoms with E-state index < -0.39 is 11.5 Å². The monoisotopic (exact) mass is 417 g/mol. The van der Waals surface area contributed by atoms with Crippen LogP contribution in [0.4, 0.5) is 5.69 Å². The number of hydrogen-bond acceptors (Lipinski definition) is 5. The van der Waals surface area contributed by atoms with E-state index in [1.165, 1.54) is 19.1 Å². The minimum absolute atomic E-state index is 0.309. The Hall–Kier alpha value is -3.64. The molecular weight excluding hydrogens is 394 g/mol. The van der Waals surface area contributed by atoms with E-state index in [9.17, 15) is 14.7 Å². The zero-order chi connectivity index (χ0) is 22.0. The van der Waals surface area contributed by atoms with Gasteiger partial charge in [-0.25, -0.2) is 0 Å². The molecule has 1 heterocycles. The van der Waals surface area contributed by atoms with Gasteiger partial charge >= 0.3 is 0 Å². The molecule has 0 bridgehead atoms. The Kier molecular flexibility index (Phi) is 5.48. The van der Waals surface area contributed by atoms with Crippen LogP contribution in [0.1, 0.15) is 27.9 Å². The van der Waals surface area contributed by atoms with Gasteiger partial charge in [0.2, 0.25) is 0 Å². The number of carbonyl (C=O) groups is 2. The number of amides is 1. The number of nitrogens with zero attached hydrogens (tertiary/aromatic N) is 1. The third-order valence-corrected chi connectivity index (χ3v) is 5.54. The van der Waals surface area contributed by atoms with E-state index in [1.807, 2.05) is 36.4 Å². The number of fused-ring (bicyclic) bond motifs is 1. The summed E-state index contributed by atoms with van der Waals surface area (Å²) >= 11 is 0. The van der Waals surface area contributed by atoms with Crippen molar-refractivity contribution in [2.45, 2.75) is 18.6 Å². The molecule has 6 heteroatoms. The van der Waals surface area contributed by atoms with Crippen molar-refractivity contribution in [1.29, 1.82) is 0 Å². The summed E-state index contributed by atoms with van der Waals surface area (Å²) in [6.45, 7) is 0.309. The number of ether oxygens (including phenoxy) is 2. The van der Waals surface area contributed by atoms with Gasteiger partial charge in [-0.05, 0) is 29.8 Å². The Morgan fingerprint density at radius 3 is 2.32 bits per heavy atom. The average Bonchev–Trinajstić information content (AvgIpc) is 3.01. The number of aliphatic hydroxyl groups is 1. The number of ketones is 1. The Morgan fingerprint density at radius 1 is 0.935 bits per heavy atom. The number of hydrogen-bond donors (Lipinski definition) is 1. The number of Topliss-reactive ketones (excluding diaryl/α,β-unsaturated/α-hetero) is 1. The van der Waals surface area contributed by atoms with Crippen LogP contribution in [0, 0.1) is 0 Å². The molecule has 0 saturated carbocycles. The first-order valence-corrected chi connectivity index (χ1v) is 9.91. The van der Waals surface area contributed by atoms with E-state index in [1.54, 1.807) is 36.4 Å². The highest BCUT2D eigenvalue weighted by atomic mass is 16.5. The van der Waals surface area contributed by atoms with Crippen molar-refractivity contribution in [3.05, 3.63) is 89.5 Å². The van der Waals surface area contributed by atoms with Gasteiger partial charge in [0.25, 0.3) is 5.91 Å². The van der Waals surface area contributed by atoms with Crippen molar-refractivity contribution >= 4 is 17.4 Å². The van der Waals surface area contributed by atoms with E-state index in [2.05, 4.69) is 0 Å². The molecule has 4 rings (SSSR count). The van der Waals surface area contributed by atoms with E-state index >= 15 is 0 Å². The highest BCUT2D eigenvalue weighted by Gasteiger charge is 2.50. The van der Waals surface area contributed by atoms with E-state index in [0.717, 1.165) is 5.56 Å². The molecule has 3 aromatic carbocycles. The molecule has 3 aromatic rings. The zero-order valence-corrected chi connectivity index (χ0v) is 17.4. The molecule has 0 fully saturated rings. The molecule has 31 heavy (non-hydrogen) atoms. The molecule has 158 valence electrons. The standard InChI is InChI=1S/C25H23NO5/c1-30-22-13-12-18(14-23(22)31-2)21(27)15-25(29)19-10-6-7-11-20(19)26(24(25)28)16-17-8-4-3-5-9-17/h3-14,29H,15-16H2,1-2H3/t25-/m1/s1. The highest BCUT2D eigenvalue weighted by Crippen LogP contribution is 2.43. The maximum Gasteiger partial charge on any atom is 0.264 e. The quantitative estimate of drug-likeness (QED) is 0.593. The van der Waals surface area contributed by atoms with E-state index in [0.29, 0.717) is 34.9 Å². The van der Waals surface area contributed by atoms with Crippen LogP contribution in [0.25, 0.3) is 0 Å². The summed E-state index contributed by atoms with van der Waals surface area (Å²) in [6.07, 6.45) is -0.371. The molecule has 0 spiro atoms. The van der Waals surface area contributed by atoms with Crippen molar-refractivity contribution in [3.8, 4) is 11.5 Å². The molecule has 1 amide bonds. The summed E-state index contributed by atoms with van der Waals surface area (Å²) in [4.78, 5) is 28.0. The predicted octanol–water partition coefficient (Wildman–Crippen LogP) is 3.71. The van der Waals surface area contributed by atoms with Crippen LogP contribution in [-0.2, 0) is 16.9 Å². The molecule has 1 N–H and O–H groups in total.